The SMILES string of the molecule is COC[C@]1(OC)CC[C@H]2[C@@H]3CCC4=CC(=O)CCC4=C3[C@@H](c3ccc(N(C)C)cc3)C[C@@]21C. The molecule has 0 radical (unpaired) electrons. The lowest BCUT2D eigenvalue weighted by Crippen LogP contribution is -2.54. The highest BCUT2D eigenvalue weighted by Crippen LogP contribution is 2.67. The maximum absolute atomic E-state index is 12.2. The Morgan fingerprint density at radius 2 is 1.82 bits per heavy atom. The number of carbonyl (C=O) groups is 1. The maximum Gasteiger partial charge on any atom is 0.156 e. The molecule has 1 aromatic rings. The first-order chi connectivity index (χ1) is 15.8. The highest BCUT2D eigenvalue weighted by atomic mass is 16.5. The summed E-state index contributed by atoms with van der Waals surface area (Å²) in [6.07, 6.45) is 9.06. The molecule has 4 nitrogen and oxygen atoms in total. The van der Waals surface area contributed by atoms with E-state index in [0.29, 0.717) is 36.6 Å². The number of fused-ring (bicyclic) bond motifs is 4. The van der Waals surface area contributed by atoms with Crippen LogP contribution in [0.5, 0.6) is 0 Å². The molecule has 2 saturated carbocycles. The van der Waals surface area contributed by atoms with Gasteiger partial charge in [0.25, 0.3) is 0 Å². The van der Waals surface area contributed by atoms with Crippen molar-refractivity contribution in [2.45, 2.75) is 63.4 Å². The second-order valence-corrected chi connectivity index (χ2v) is 11.2. The molecule has 0 saturated heterocycles. The second kappa shape index (κ2) is 8.39. The van der Waals surface area contributed by atoms with Gasteiger partial charge in [-0.15, -0.1) is 0 Å². The minimum absolute atomic E-state index is 0.0586. The number of hydrogen-bond acceptors (Lipinski definition) is 4. The molecule has 0 bridgehead atoms. The Hall–Kier alpha value is -1.91. The van der Waals surface area contributed by atoms with Crippen LogP contribution in [-0.2, 0) is 14.3 Å². The smallest absolute Gasteiger partial charge is 0.156 e. The molecule has 5 atom stereocenters. The number of nitrogens with zero attached hydrogens (tertiary/aromatic N) is 1. The van der Waals surface area contributed by atoms with Crippen LogP contribution in [0.4, 0.5) is 5.69 Å². The van der Waals surface area contributed by atoms with E-state index in [1.54, 1.807) is 5.57 Å². The fourth-order valence-electron chi connectivity index (χ4n) is 7.91. The zero-order valence-electron chi connectivity index (χ0n) is 20.9. The third-order valence-corrected chi connectivity index (χ3v) is 9.60. The van der Waals surface area contributed by atoms with E-state index in [-0.39, 0.29) is 11.0 Å². The fraction of sp³-hybridized carbons (Fsp3) is 0.621. The Balaban J connectivity index is 1.66. The minimum atomic E-state index is -0.233. The normalized spacial score (nSPS) is 35.6. The first kappa shape index (κ1) is 22.9. The summed E-state index contributed by atoms with van der Waals surface area (Å²) in [6, 6.07) is 9.17. The summed E-state index contributed by atoms with van der Waals surface area (Å²) < 4.78 is 12.1. The molecular formula is C29H39NO3. The fourth-order valence-corrected chi connectivity index (χ4v) is 7.91. The maximum atomic E-state index is 12.2. The summed E-state index contributed by atoms with van der Waals surface area (Å²) >= 11 is 0. The van der Waals surface area contributed by atoms with Crippen LogP contribution < -0.4 is 4.90 Å². The van der Waals surface area contributed by atoms with Crippen molar-refractivity contribution in [2.75, 3.05) is 39.8 Å². The van der Waals surface area contributed by atoms with Gasteiger partial charge in [0.05, 0.1) is 12.2 Å². The molecule has 5 rings (SSSR count). The number of ether oxygens (including phenoxy) is 2. The molecule has 0 aromatic heterocycles. The average molecular weight is 450 g/mol. The third kappa shape index (κ3) is 3.44. The lowest BCUT2D eigenvalue weighted by Gasteiger charge is -2.55. The van der Waals surface area contributed by atoms with E-state index in [0.717, 1.165) is 32.1 Å². The standard InChI is InChI=1S/C29H39NO3/c1-28-17-25(19-6-9-21(10-7-19)30(2)3)27-23-13-11-22(31)16-20(23)8-12-24(27)26(28)14-15-29(28,33-5)18-32-4/h6-7,9-10,16,24-26H,8,11-15,17-18H2,1-5H3/t24-,25+,26-,28-,29+/m0/s1. The number of rotatable bonds is 5. The van der Waals surface area contributed by atoms with E-state index in [2.05, 4.69) is 50.2 Å². The molecule has 0 aliphatic heterocycles. The Labute approximate surface area is 199 Å². The van der Waals surface area contributed by atoms with Crippen molar-refractivity contribution < 1.29 is 14.3 Å². The summed E-state index contributed by atoms with van der Waals surface area (Å²) in [5.41, 5.74) is 6.93. The highest BCUT2D eigenvalue weighted by Gasteiger charge is 2.63. The quantitative estimate of drug-likeness (QED) is 0.579. The van der Waals surface area contributed by atoms with Crippen molar-refractivity contribution in [1.29, 1.82) is 0 Å². The molecule has 1 aromatic carbocycles. The van der Waals surface area contributed by atoms with Gasteiger partial charge in [0.2, 0.25) is 0 Å². The number of benzene rings is 1. The van der Waals surface area contributed by atoms with E-state index in [1.807, 2.05) is 20.3 Å². The van der Waals surface area contributed by atoms with Crippen molar-refractivity contribution in [3.63, 3.8) is 0 Å². The van der Waals surface area contributed by atoms with Crippen LogP contribution in [0, 0.1) is 17.3 Å². The molecule has 0 heterocycles. The van der Waals surface area contributed by atoms with E-state index in [4.69, 9.17) is 9.47 Å². The highest BCUT2D eigenvalue weighted by molar-refractivity contribution is 5.93. The first-order valence-corrected chi connectivity index (χ1v) is 12.6. The number of ketones is 1. The summed E-state index contributed by atoms with van der Waals surface area (Å²) in [5, 5.41) is 0. The van der Waals surface area contributed by atoms with Crippen molar-refractivity contribution in [1.82, 2.24) is 0 Å². The Morgan fingerprint density at radius 1 is 1.06 bits per heavy atom. The summed E-state index contributed by atoms with van der Waals surface area (Å²) in [5.74, 6) is 1.84. The number of hydrogen-bond donors (Lipinski definition) is 0. The Kier molecular flexibility index (Phi) is 5.81. The van der Waals surface area contributed by atoms with Crippen molar-refractivity contribution in [3.8, 4) is 0 Å². The molecule has 178 valence electrons. The zero-order chi connectivity index (χ0) is 23.4. The van der Waals surface area contributed by atoms with Crippen LogP contribution >= 0.6 is 0 Å². The van der Waals surface area contributed by atoms with Gasteiger partial charge in [0, 0.05) is 51.8 Å². The minimum Gasteiger partial charge on any atom is -0.382 e. The Bertz CT molecular complexity index is 991. The second-order valence-electron chi connectivity index (χ2n) is 11.2. The molecule has 0 unspecified atom stereocenters. The van der Waals surface area contributed by atoms with Crippen LogP contribution in [0.25, 0.3) is 0 Å². The Morgan fingerprint density at radius 3 is 2.48 bits per heavy atom. The third-order valence-electron chi connectivity index (χ3n) is 9.60. The van der Waals surface area contributed by atoms with Gasteiger partial charge in [-0.1, -0.05) is 24.6 Å². The molecule has 4 aliphatic carbocycles. The van der Waals surface area contributed by atoms with Crippen molar-refractivity contribution in [2.24, 2.45) is 17.3 Å². The lowest BCUT2D eigenvalue weighted by atomic mass is 9.51. The zero-order valence-corrected chi connectivity index (χ0v) is 20.9. The molecule has 0 spiro atoms. The number of carbonyl (C=O) groups excluding carboxylic acids is 1. The van der Waals surface area contributed by atoms with Crippen LogP contribution in [0.1, 0.15) is 63.4 Å². The van der Waals surface area contributed by atoms with Crippen LogP contribution in [0.2, 0.25) is 0 Å². The van der Waals surface area contributed by atoms with E-state index in [9.17, 15) is 4.79 Å². The van der Waals surface area contributed by atoms with Crippen LogP contribution in [-0.4, -0.2) is 46.3 Å². The van der Waals surface area contributed by atoms with Crippen LogP contribution in [0.15, 0.2) is 47.1 Å². The monoisotopic (exact) mass is 449 g/mol. The summed E-state index contributed by atoms with van der Waals surface area (Å²) in [6.45, 7) is 3.13. The number of anilines is 1. The predicted molar refractivity (Wildman–Crippen MR) is 133 cm³/mol. The predicted octanol–water partition coefficient (Wildman–Crippen LogP) is 5.68. The molecule has 0 N–H and O–H groups in total. The van der Waals surface area contributed by atoms with Gasteiger partial charge in [0.1, 0.15) is 0 Å². The topological polar surface area (TPSA) is 38.8 Å². The van der Waals surface area contributed by atoms with Gasteiger partial charge < -0.3 is 14.4 Å². The largest absolute Gasteiger partial charge is 0.382 e. The molecular weight excluding hydrogens is 410 g/mol. The van der Waals surface area contributed by atoms with E-state index < -0.39 is 0 Å². The first-order valence-electron chi connectivity index (χ1n) is 12.6. The lowest BCUT2D eigenvalue weighted by molar-refractivity contribution is -0.149. The van der Waals surface area contributed by atoms with Gasteiger partial charge in [-0.3, -0.25) is 4.79 Å². The summed E-state index contributed by atoms with van der Waals surface area (Å²) in [4.78, 5) is 14.4. The van der Waals surface area contributed by atoms with E-state index in [1.165, 1.54) is 28.8 Å². The van der Waals surface area contributed by atoms with Crippen LogP contribution in [0.3, 0.4) is 0 Å². The van der Waals surface area contributed by atoms with Gasteiger partial charge in [0.15, 0.2) is 5.78 Å². The molecule has 33 heavy (non-hydrogen) atoms. The van der Waals surface area contributed by atoms with Gasteiger partial charge in [-0.25, -0.2) is 0 Å². The molecule has 4 aliphatic rings. The van der Waals surface area contributed by atoms with Gasteiger partial charge in [-0.05, 0) is 85.3 Å². The van der Waals surface area contributed by atoms with Crippen molar-refractivity contribution in [3.05, 3.63) is 52.6 Å². The van der Waals surface area contributed by atoms with E-state index >= 15 is 0 Å². The molecule has 2 fully saturated rings. The molecule has 4 heteroatoms. The van der Waals surface area contributed by atoms with Gasteiger partial charge >= 0.3 is 0 Å². The number of allylic oxidation sites excluding steroid dienone is 4. The molecule has 0 amide bonds. The number of methoxy groups -OCH3 is 2. The summed E-state index contributed by atoms with van der Waals surface area (Å²) in [7, 11) is 7.88. The van der Waals surface area contributed by atoms with Gasteiger partial charge in [-0.2, -0.15) is 0 Å². The van der Waals surface area contributed by atoms with Crippen molar-refractivity contribution >= 4 is 11.5 Å². The average Bonchev–Trinajstić information content (AvgIpc) is 3.10.